The van der Waals surface area contributed by atoms with Gasteiger partial charge in [0.2, 0.25) is 10.0 Å². The summed E-state index contributed by atoms with van der Waals surface area (Å²) < 4.78 is 49.2. The van der Waals surface area contributed by atoms with Gasteiger partial charge in [0.1, 0.15) is 0 Å². The van der Waals surface area contributed by atoms with Crippen LogP contribution in [0.1, 0.15) is 19.8 Å². The summed E-state index contributed by atoms with van der Waals surface area (Å²) in [7, 11) is -7.02. The van der Waals surface area contributed by atoms with Crippen LogP contribution in [0.15, 0.2) is 34.1 Å². The molecule has 0 fully saturated rings. The molecule has 0 saturated carbocycles. The highest BCUT2D eigenvalue weighted by molar-refractivity contribution is 7.90. The molecular weight excluding hydrogens is 302 g/mol. The van der Waals surface area contributed by atoms with E-state index in [1.54, 1.807) is 6.92 Å². The third-order valence-electron chi connectivity index (χ3n) is 2.71. The zero-order valence-electron chi connectivity index (χ0n) is 11.4. The summed E-state index contributed by atoms with van der Waals surface area (Å²) >= 11 is 0. The fourth-order valence-electron chi connectivity index (χ4n) is 1.66. The molecule has 114 valence electrons. The van der Waals surface area contributed by atoms with Crippen LogP contribution < -0.4 is 4.72 Å². The third-order valence-corrected chi connectivity index (χ3v) is 5.45. The van der Waals surface area contributed by atoms with Crippen molar-refractivity contribution in [1.82, 2.24) is 4.72 Å². The van der Waals surface area contributed by atoms with Crippen LogP contribution in [-0.2, 0) is 19.9 Å². The smallest absolute Gasteiger partial charge is 0.240 e. The van der Waals surface area contributed by atoms with E-state index in [-0.39, 0.29) is 22.4 Å². The van der Waals surface area contributed by atoms with E-state index >= 15 is 0 Å². The van der Waals surface area contributed by atoms with Gasteiger partial charge in [-0.3, -0.25) is 0 Å². The average Bonchev–Trinajstić information content (AvgIpc) is 2.35. The van der Waals surface area contributed by atoms with Crippen LogP contribution in [0.25, 0.3) is 0 Å². The Kier molecular flexibility index (Phi) is 5.69. The molecule has 0 spiro atoms. The van der Waals surface area contributed by atoms with Crippen LogP contribution in [0.3, 0.4) is 0 Å². The maximum atomic E-state index is 12.0. The van der Waals surface area contributed by atoms with Crippen molar-refractivity contribution < 1.29 is 21.9 Å². The van der Waals surface area contributed by atoms with Gasteiger partial charge in [0.25, 0.3) is 0 Å². The molecule has 0 radical (unpaired) electrons. The topological polar surface area (TPSA) is 101 Å². The lowest BCUT2D eigenvalue weighted by Crippen LogP contribution is -2.32. The zero-order valence-corrected chi connectivity index (χ0v) is 13.0. The van der Waals surface area contributed by atoms with Gasteiger partial charge in [-0.25, -0.2) is 21.6 Å². The summed E-state index contributed by atoms with van der Waals surface area (Å²) in [5.74, 6) is 0. The summed E-state index contributed by atoms with van der Waals surface area (Å²) in [4.78, 5) is 0.0885. The lowest BCUT2D eigenvalue weighted by Gasteiger charge is -2.13. The average molecular weight is 321 g/mol. The van der Waals surface area contributed by atoms with E-state index in [1.807, 2.05) is 0 Å². The minimum Gasteiger partial charge on any atom is -0.396 e. The highest BCUT2D eigenvalue weighted by Crippen LogP contribution is 2.15. The number of benzene rings is 1. The number of aliphatic hydroxyl groups is 1. The highest BCUT2D eigenvalue weighted by atomic mass is 32.2. The molecule has 0 aliphatic rings. The molecule has 0 unspecified atom stereocenters. The molecule has 1 aromatic rings. The van der Waals surface area contributed by atoms with Crippen molar-refractivity contribution in [2.24, 2.45) is 0 Å². The van der Waals surface area contributed by atoms with Gasteiger partial charge >= 0.3 is 0 Å². The fourth-order valence-corrected chi connectivity index (χ4v) is 3.56. The highest BCUT2D eigenvalue weighted by Gasteiger charge is 2.18. The predicted octanol–water partition coefficient (Wildman–Crippen LogP) is 0.529. The Hall–Kier alpha value is -0.960. The second-order valence-corrected chi connectivity index (χ2v) is 8.36. The first-order valence-corrected chi connectivity index (χ1v) is 9.47. The molecule has 0 bridgehead atoms. The summed E-state index contributed by atoms with van der Waals surface area (Å²) in [5, 5.41) is 8.70. The van der Waals surface area contributed by atoms with Gasteiger partial charge in [-0.15, -0.1) is 0 Å². The molecule has 0 aliphatic carbocycles. The molecule has 0 heterocycles. The number of nitrogens with one attached hydrogen (secondary N) is 1. The molecule has 6 nitrogen and oxygen atoms in total. The molecular formula is C12H19NO5S2. The molecule has 0 saturated heterocycles. The molecule has 1 rings (SSSR count). The maximum absolute atomic E-state index is 12.0. The minimum absolute atomic E-state index is 0.00905. The van der Waals surface area contributed by atoms with Gasteiger partial charge < -0.3 is 5.11 Å². The van der Waals surface area contributed by atoms with Crippen LogP contribution in [0.2, 0.25) is 0 Å². The van der Waals surface area contributed by atoms with Gasteiger partial charge in [0.05, 0.1) is 9.79 Å². The first-order chi connectivity index (χ1) is 9.16. The monoisotopic (exact) mass is 321 g/mol. The van der Waals surface area contributed by atoms with Gasteiger partial charge in [-0.05, 0) is 44.0 Å². The Labute approximate surface area is 119 Å². The van der Waals surface area contributed by atoms with Crippen molar-refractivity contribution in [2.75, 3.05) is 12.9 Å². The summed E-state index contributed by atoms with van der Waals surface area (Å²) in [6.45, 7) is 1.72. The molecule has 1 atom stereocenters. The van der Waals surface area contributed by atoms with Crippen LogP contribution in [0.5, 0.6) is 0 Å². The normalized spacial score (nSPS) is 14.2. The van der Waals surface area contributed by atoms with Crippen LogP contribution in [0.4, 0.5) is 0 Å². The largest absolute Gasteiger partial charge is 0.396 e. The summed E-state index contributed by atoms with van der Waals surface area (Å²) in [6, 6.07) is 4.75. The van der Waals surface area contributed by atoms with Gasteiger partial charge in [0, 0.05) is 18.9 Å². The van der Waals surface area contributed by atoms with Gasteiger partial charge in [-0.1, -0.05) is 0 Å². The van der Waals surface area contributed by atoms with E-state index in [0.717, 1.165) is 6.26 Å². The number of hydrogen-bond donors (Lipinski definition) is 2. The van der Waals surface area contributed by atoms with Crippen molar-refractivity contribution >= 4 is 19.9 Å². The number of hydrogen-bond acceptors (Lipinski definition) is 5. The first kappa shape index (κ1) is 17.1. The Bertz CT molecular complexity index is 635. The maximum Gasteiger partial charge on any atom is 0.240 e. The first-order valence-electron chi connectivity index (χ1n) is 6.10. The fraction of sp³-hybridized carbons (Fsp3) is 0.500. The molecule has 8 heteroatoms. The van der Waals surface area contributed by atoms with E-state index < -0.39 is 19.9 Å². The summed E-state index contributed by atoms with van der Waals surface area (Å²) in [6.07, 6.45) is 2.10. The Morgan fingerprint density at radius 1 is 1.10 bits per heavy atom. The van der Waals surface area contributed by atoms with E-state index in [1.165, 1.54) is 24.3 Å². The quantitative estimate of drug-likeness (QED) is 0.763. The van der Waals surface area contributed by atoms with Crippen molar-refractivity contribution in [1.29, 1.82) is 0 Å². The van der Waals surface area contributed by atoms with Crippen LogP contribution in [-0.4, -0.2) is 40.8 Å². The lowest BCUT2D eigenvalue weighted by atomic mass is 10.2. The number of sulfone groups is 1. The van der Waals surface area contributed by atoms with Gasteiger partial charge in [0.15, 0.2) is 9.84 Å². The van der Waals surface area contributed by atoms with Crippen molar-refractivity contribution in [3.8, 4) is 0 Å². The third kappa shape index (κ3) is 4.86. The van der Waals surface area contributed by atoms with E-state index in [9.17, 15) is 16.8 Å². The molecule has 0 aromatic heterocycles. The second-order valence-electron chi connectivity index (χ2n) is 4.63. The SMILES string of the molecule is C[C@@H](CCCO)NS(=O)(=O)c1ccc(S(C)(=O)=O)cc1. The van der Waals surface area contributed by atoms with Crippen LogP contribution in [0, 0.1) is 0 Å². The Balaban J connectivity index is 2.88. The predicted molar refractivity (Wildman–Crippen MR) is 75.7 cm³/mol. The number of rotatable bonds is 7. The van der Waals surface area contributed by atoms with E-state index in [2.05, 4.69) is 4.72 Å². The molecule has 1 aromatic carbocycles. The minimum atomic E-state index is -3.68. The Morgan fingerprint density at radius 2 is 1.60 bits per heavy atom. The van der Waals surface area contributed by atoms with Crippen molar-refractivity contribution in [2.45, 2.75) is 35.6 Å². The number of sulfonamides is 1. The lowest BCUT2D eigenvalue weighted by molar-refractivity contribution is 0.279. The van der Waals surface area contributed by atoms with Crippen molar-refractivity contribution in [3.05, 3.63) is 24.3 Å². The van der Waals surface area contributed by atoms with E-state index in [0.29, 0.717) is 12.8 Å². The molecule has 0 aliphatic heterocycles. The van der Waals surface area contributed by atoms with Gasteiger partial charge in [-0.2, -0.15) is 0 Å². The Morgan fingerprint density at radius 3 is 2.05 bits per heavy atom. The van der Waals surface area contributed by atoms with Crippen LogP contribution >= 0.6 is 0 Å². The zero-order chi connectivity index (χ0) is 15.4. The van der Waals surface area contributed by atoms with E-state index in [4.69, 9.17) is 5.11 Å². The molecule has 2 N–H and O–H groups in total. The standard InChI is InChI=1S/C12H19NO5S2/c1-10(4-3-9-14)13-20(17,18)12-7-5-11(6-8-12)19(2,15)16/h5-8,10,13-14H,3-4,9H2,1-2H3/t10-/m0/s1. The molecule has 20 heavy (non-hydrogen) atoms. The second kappa shape index (κ2) is 6.66. The summed E-state index contributed by atoms with van der Waals surface area (Å²) in [5.41, 5.74) is 0. The molecule has 0 amide bonds. The van der Waals surface area contributed by atoms with Crippen molar-refractivity contribution in [3.63, 3.8) is 0 Å². The number of aliphatic hydroxyl groups excluding tert-OH is 1.